The number of carbonyl (C=O) groups is 2. The molecular formula is C16H26O7. The maximum Gasteiger partial charge on any atom is 0.330 e. The van der Waals surface area contributed by atoms with E-state index in [9.17, 15) is 9.59 Å². The maximum atomic E-state index is 11.0. The number of ether oxygens (including phenoxy) is 5. The van der Waals surface area contributed by atoms with E-state index in [0.717, 1.165) is 0 Å². The molecule has 0 atom stereocenters. The van der Waals surface area contributed by atoms with Gasteiger partial charge in [0, 0.05) is 12.2 Å². The van der Waals surface area contributed by atoms with Crippen molar-refractivity contribution in [3.63, 3.8) is 0 Å². The van der Waals surface area contributed by atoms with E-state index in [0.29, 0.717) is 39.6 Å². The molecule has 0 spiro atoms. The van der Waals surface area contributed by atoms with Crippen LogP contribution in [0.5, 0.6) is 0 Å². The van der Waals surface area contributed by atoms with Gasteiger partial charge in [-0.2, -0.15) is 0 Å². The molecule has 0 aliphatic heterocycles. The standard InChI is InChI=1S/C16H26O7/c1-3-5-15(17)22-13-11-20-9-7-19-8-10-21-12-14-23-16(18)6-4-2/h3-6H,7-14H2,1-2H3/b5-3+,6-4+. The third kappa shape index (κ3) is 16.5. The van der Waals surface area contributed by atoms with E-state index < -0.39 is 0 Å². The van der Waals surface area contributed by atoms with Gasteiger partial charge in [-0.25, -0.2) is 9.59 Å². The first-order valence-corrected chi connectivity index (χ1v) is 7.52. The predicted molar refractivity (Wildman–Crippen MR) is 84.0 cm³/mol. The van der Waals surface area contributed by atoms with Crippen molar-refractivity contribution in [2.24, 2.45) is 0 Å². The number of esters is 2. The maximum absolute atomic E-state index is 11.0. The molecule has 0 rings (SSSR count). The fraction of sp³-hybridized carbons (Fsp3) is 0.625. The average molecular weight is 330 g/mol. The zero-order valence-corrected chi connectivity index (χ0v) is 13.8. The minimum atomic E-state index is -0.374. The van der Waals surface area contributed by atoms with E-state index in [1.54, 1.807) is 26.0 Å². The van der Waals surface area contributed by atoms with Crippen LogP contribution in [0.1, 0.15) is 13.8 Å². The minimum absolute atomic E-state index is 0.220. The fourth-order valence-corrected chi connectivity index (χ4v) is 1.31. The lowest BCUT2D eigenvalue weighted by Crippen LogP contribution is -2.14. The molecule has 0 amide bonds. The molecule has 0 aliphatic carbocycles. The highest BCUT2D eigenvalue weighted by atomic mass is 16.6. The summed E-state index contributed by atoms with van der Waals surface area (Å²) in [5.74, 6) is -0.748. The largest absolute Gasteiger partial charge is 0.460 e. The van der Waals surface area contributed by atoms with Gasteiger partial charge in [-0.1, -0.05) is 12.2 Å². The second-order valence-corrected chi connectivity index (χ2v) is 4.17. The first kappa shape index (κ1) is 21.3. The molecule has 0 aliphatic rings. The summed E-state index contributed by atoms with van der Waals surface area (Å²) in [6, 6.07) is 0. The van der Waals surface area contributed by atoms with Crippen LogP contribution in [0.3, 0.4) is 0 Å². The first-order chi connectivity index (χ1) is 11.2. The molecule has 0 aromatic carbocycles. The molecule has 0 unspecified atom stereocenters. The summed E-state index contributed by atoms with van der Waals surface area (Å²) in [6.45, 7) is 6.30. The molecule has 0 radical (unpaired) electrons. The fourth-order valence-electron chi connectivity index (χ4n) is 1.31. The van der Waals surface area contributed by atoms with Crippen molar-refractivity contribution in [3.05, 3.63) is 24.3 Å². The highest BCUT2D eigenvalue weighted by Gasteiger charge is 1.97. The number of hydrogen-bond acceptors (Lipinski definition) is 7. The molecule has 0 aromatic heterocycles. The monoisotopic (exact) mass is 330 g/mol. The second-order valence-electron chi connectivity index (χ2n) is 4.17. The van der Waals surface area contributed by atoms with Gasteiger partial charge < -0.3 is 23.7 Å². The normalized spacial score (nSPS) is 11.2. The van der Waals surface area contributed by atoms with Crippen molar-refractivity contribution in [2.45, 2.75) is 13.8 Å². The highest BCUT2D eigenvalue weighted by Crippen LogP contribution is 1.86. The summed E-state index contributed by atoms with van der Waals surface area (Å²) in [5, 5.41) is 0. The molecule has 0 fully saturated rings. The van der Waals surface area contributed by atoms with E-state index in [1.807, 2.05) is 0 Å². The van der Waals surface area contributed by atoms with Gasteiger partial charge in [-0.15, -0.1) is 0 Å². The number of allylic oxidation sites excluding steroid dienone is 2. The van der Waals surface area contributed by atoms with Gasteiger partial charge >= 0.3 is 11.9 Å². The Kier molecular flexibility index (Phi) is 15.4. The summed E-state index contributed by atoms with van der Waals surface area (Å²) in [6.07, 6.45) is 5.94. The molecule has 0 saturated heterocycles. The summed E-state index contributed by atoms with van der Waals surface area (Å²) in [7, 11) is 0. The molecule has 132 valence electrons. The van der Waals surface area contributed by atoms with Gasteiger partial charge in [-0.3, -0.25) is 0 Å². The SMILES string of the molecule is C/C=C/C(=O)OCCOCCOCCOCCOC(=O)/C=C/C. The number of hydrogen-bond donors (Lipinski definition) is 0. The lowest BCUT2D eigenvalue weighted by Gasteiger charge is -2.07. The second kappa shape index (κ2) is 16.7. The molecule has 0 aromatic rings. The van der Waals surface area contributed by atoms with Crippen molar-refractivity contribution in [1.29, 1.82) is 0 Å². The Hall–Kier alpha value is -1.70. The Balaban J connectivity index is 3.16. The van der Waals surface area contributed by atoms with Crippen LogP contribution in [0, 0.1) is 0 Å². The van der Waals surface area contributed by atoms with Crippen molar-refractivity contribution in [2.75, 3.05) is 52.9 Å². The Bertz CT molecular complexity index is 329. The molecule has 0 heterocycles. The zero-order chi connectivity index (χ0) is 17.2. The van der Waals surface area contributed by atoms with Crippen LogP contribution < -0.4 is 0 Å². The smallest absolute Gasteiger partial charge is 0.330 e. The summed E-state index contributed by atoms with van der Waals surface area (Å²) in [5.41, 5.74) is 0. The van der Waals surface area contributed by atoms with Crippen molar-refractivity contribution < 1.29 is 33.3 Å². The molecule has 0 bridgehead atoms. The Morgan fingerprint density at radius 1 is 0.609 bits per heavy atom. The van der Waals surface area contributed by atoms with Gasteiger partial charge in [0.05, 0.1) is 39.6 Å². The molecule has 0 N–H and O–H groups in total. The zero-order valence-electron chi connectivity index (χ0n) is 13.8. The van der Waals surface area contributed by atoms with E-state index in [4.69, 9.17) is 23.7 Å². The third-order valence-electron chi connectivity index (χ3n) is 2.29. The Labute approximate surface area is 137 Å². The number of rotatable bonds is 14. The average Bonchev–Trinajstić information content (AvgIpc) is 2.52. The van der Waals surface area contributed by atoms with E-state index in [-0.39, 0.29) is 25.2 Å². The van der Waals surface area contributed by atoms with Crippen LogP contribution in [-0.2, 0) is 33.3 Å². The van der Waals surface area contributed by atoms with E-state index in [2.05, 4.69) is 0 Å². The first-order valence-electron chi connectivity index (χ1n) is 7.52. The van der Waals surface area contributed by atoms with Crippen LogP contribution in [0.25, 0.3) is 0 Å². The molecule has 23 heavy (non-hydrogen) atoms. The summed E-state index contributed by atoms with van der Waals surface area (Å²) < 4.78 is 25.4. The lowest BCUT2D eigenvalue weighted by atomic mass is 10.5. The number of carbonyl (C=O) groups excluding carboxylic acids is 2. The van der Waals surface area contributed by atoms with Gasteiger partial charge in [0.2, 0.25) is 0 Å². The quantitative estimate of drug-likeness (QED) is 0.269. The molecule has 7 nitrogen and oxygen atoms in total. The highest BCUT2D eigenvalue weighted by molar-refractivity contribution is 5.82. The van der Waals surface area contributed by atoms with Crippen LogP contribution >= 0.6 is 0 Å². The van der Waals surface area contributed by atoms with Gasteiger partial charge in [0.1, 0.15) is 13.2 Å². The summed E-state index contributed by atoms with van der Waals surface area (Å²) in [4.78, 5) is 21.9. The van der Waals surface area contributed by atoms with Gasteiger partial charge in [-0.05, 0) is 13.8 Å². The Morgan fingerprint density at radius 2 is 0.913 bits per heavy atom. The van der Waals surface area contributed by atoms with Crippen LogP contribution in [0.4, 0.5) is 0 Å². The topological polar surface area (TPSA) is 80.3 Å². The van der Waals surface area contributed by atoms with Crippen LogP contribution in [0.2, 0.25) is 0 Å². The minimum Gasteiger partial charge on any atom is -0.460 e. The van der Waals surface area contributed by atoms with Gasteiger partial charge in [0.25, 0.3) is 0 Å². The van der Waals surface area contributed by atoms with E-state index >= 15 is 0 Å². The lowest BCUT2D eigenvalue weighted by molar-refractivity contribution is -0.140. The molecular weight excluding hydrogens is 304 g/mol. The Morgan fingerprint density at radius 3 is 1.22 bits per heavy atom. The van der Waals surface area contributed by atoms with Crippen molar-refractivity contribution in [1.82, 2.24) is 0 Å². The van der Waals surface area contributed by atoms with E-state index in [1.165, 1.54) is 12.2 Å². The molecule has 7 heteroatoms. The van der Waals surface area contributed by atoms with Gasteiger partial charge in [0.15, 0.2) is 0 Å². The van der Waals surface area contributed by atoms with Crippen molar-refractivity contribution in [3.8, 4) is 0 Å². The molecule has 0 saturated carbocycles. The third-order valence-corrected chi connectivity index (χ3v) is 2.29. The van der Waals surface area contributed by atoms with Crippen LogP contribution in [-0.4, -0.2) is 64.8 Å². The summed E-state index contributed by atoms with van der Waals surface area (Å²) >= 11 is 0. The van der Waals surface area contributed by atoms with Crippen LogP contribution in [0.15, 0.2) is 24.3 Å². The predicted octanol–water partition coefficient (Wildman–Crippen LogP) is 1.27. The van der Waals surface area contributed by atoms with Crippen molar-refractivity contribution >= 4 is 11.9 Å².